The molecule has 1 fully saturated rings. The van der Waals surface area contributed by atoms with Crippen LogP contribution in [0.4, 0.5) is 10.1 Å². The number of halogens is 1. The van der Waals surface area contributed by atoms with E-state index >= 15 is 4.39 Å². The van der Waals surface area contributed by atoms with E-state index < -0.39 is 0 Å². The third-order valence-corrected chi connectivity index (χ3v) is 6.52. The summed E-state index contributed by atoms with van der Waals surface area (Å²) in [6.45, 7) is 5.18. The van der Waals surface area contributed by atoms with Gasteiger partial charge in [0, 0.05) is 41.8 Å². The molecule has 0 radical (unpaired) electrons. The number of hydrogen-bond acceptors (Lipinski definition) is 6. The lowest BCUT2D eigenvalue weighted by Crippen LogP contribution is -2.36. The number of rotatable bonds is 4. The van der Waals surface area contributed by atoms with E-state index in [1.807, 2.05) is 42.6 Å². The summed E-state index contributed by atoms with van der Waals surface area (Å²) in [5.41, 5.74) is 5.69. The fourth-order valence-corrected chi connectivity index (χ4v) is 4.65. The summed E-state index contributed by atoms with van der Waals surface area (Å²) < 4.78 is 22.4. The molecule has 1 saturated heterocycles. The van der Waals surface area contributed by atoms with Gasteiger partial charge in [-0.15, -0.1) is 0 Å². The monoisotopic (exact) mass is 454 g/mol. The summed E-state index contributed by atoms with van der Waals surface area (Å²) in [5, 5.41) is 5.07. The van der Waals surface area contributed by atoms with E-state index in [4.69, 9.17) is 4.74 Å². The number of ether oxygens (including phenoxy) is 1. The van der Waals surface area contributed by atoms with Gasteiger partial charge in [-0.25, -0.2) is 23.9 Å². The molecule has 4 heterocycles. The van der Waals surface area contributed by atoms with Gasteiger partial charge >= 0.3 is 0 Å². The van der Waals surface area contributed by atoms with Crippen molar-refractivity contribution in [3.8, 4) is 11.3 Å². The van der Waals surface area contributed by atoms with Gasteiger partial charge in [0.15, 0.2) is 0 Å². The molecule has 1 atom stereocenters. The van der Waals surface area contributed by atoms with Crippen molar-refractivity contribution in [1.29, 1.82) is 0 Å². The highest BCUT2D eigenvalue weighted by Gasteiger charge is 2.19. The lowest BCUT2D eigenvalue weighted by atomic mass is 9.93. The molecule has 0 aliphatic carbocycles. The predicted molar refractivity (Wildman–Crippen MR) is 128 cm³/mol. The molecule has 0 amide bonds. The Morgan fingerprint density at radius 2 is 1.85 bits per heavy atom. The Morgan fingerprint density at radius 3 is 2.74 bits per heavy atom. The standard InChI is InChI=1S/C26H23FN6O/c1-17(25-24-3-2-8-33(24)31-16-30-25)18-4-7-22(27)21(13-18)26-20-6-5-19(14-23(20)28-15-29-26)32-9-11-34-12-10-32/h2-8,13-17H,9-12H2,1H3. The summed E-state index contributed by atoms with van der Waals surface area (Å²) in [4.78, 5) is 15.8. The molecule has 1 aliphatic heterocycles. The molecule has 2 aromatic carbocycles. The molecule has 170 valence electrons. The highest BCUT2D eigenvalue weighted by atomic mass is 19.1. The Bertz CT molecular complexity index is 1490. The van der Waals surface area contributed by atoms with Crippen molar-refractivity contribution >= 4 is 22.1 Å². The van der Waals surface area contributed by atoms with Crippen LogP contribution in [0.15, 0.2) is 67.4 Å². The molecule has 8 heteroatoms. The molecule has 5 aromatic rings. The van der Waals surface area contributed by atoms with Crippen LogP contribution < -0.4 is 4.90 Å². The molecule has 0 saturated carbocycles. The second-order valence-corrected chi connectivity index (χ2v) is 8.47. The van der Waals surface area contributed by atoms with Crippen LogP contribution in [0.1, 0.15) is 24.1 Å². The van der Waals surface area contributed by atoms with Crippen molar-refractivity contribution in [3.63, 3.8) is 0 Å². The van der Waals surface area contributed by atoms with Crippen LogP contribution in [-0.2, 0) is 4.74 Å². The second kappa shape index (κ2) is 8.46. The zero-order valence-corrected chi connectivity index (χ0v) is 18.7. The average Bonchev–Trinajstić information content (AvgIpc) is 3.38. The smallest absolute Gasteiger partial charge is 0.136 e. The average molecular weight is 455 g/mol. The Hall–Kier alpha value is -3.91. The van der Waals surface area contributed by atoms with E-state index in [1.165, 1.54) is 12.4 Å². The van der Waals surface area contributed by atoms with Gasteiger partial charge in [0.05, 0.1) is 35.6 Å². The number of fused-ring (bicyclic) bond motifs is 2. The largest absolute Gasteiger partial charge is 0.378 e. The van der Waals surface area contributed by atoms with Gasteiger partial charge in [0.25, 0.3) is 0 Å². The minimum Gasteiger partial charge on any atom is -0.378 e. The Balaban J connectivity index is 1.42. The van der Waals surface area contributed by atoms with Gasteiger partial charge in [-0.05, 0) is 48.0 Å². The molecule has 7 nitrogen and oxygen atoms in total. The minimum absolute atomic E-state index is 0.0548. The number of hydrogen-bond donors (Lipinski definition) is 0. The molecule has 0 N–H and O–H groups in total. The summed E-state index contributed by atoms with van der Waals surface area (Å²) in [5.74, 6) is -0.371. The van der Waals surface area contributed by atoms with Gasteiger partial charge in [-0.2, -0.15) is 5.10 Å². The van der Waals surface area contributed by atoms with Crippen LogP contribution in [0.5, 0.6) is 0 Å². The molecule has 3 aromatic heterocycles. The third kappa shape index (κ3) is 3.56. The zero-order valence-electron chi connectivity index (χ0n) is 18.7. The highest BCUT2D eigenvalue weighted by molar-refractivity contribution is 5.94. The lowest BCUT2D eigenvalue weighted by Gasteiger charge is -2.29. The number of morpholine rings is 1. The molecule has 0 spiro atoms. The highest BCUT2D eigenvalue weighted by Crippen LogP contribution is 2.34. The van der Waals surface area contributed by atoms with Crippen molar-refractivity contribution in [1.82, 2.24) is 24.6 Å². The fourth-order valence-electron chi connectivity index (χ4n) is 4.65. The van der Waals surface area contributed by atoms with E-state index in [2.05, 4.69) is 37.9 Å². The van der Waals surface area contributed by atoms with Crippen LogP contribution in [0.25, 0.3) is 27.7 Å². The topological polar surface area (TPSA) is 68.4 Å². The van der Waals surface area contributed by atoms with Crippen molar-refractivity contribution in [2.75, 3.05) is 31.2 Å². The van der Waals surface area contributed by atoms with Crippen molar-refractivity contribution < 1.29 is 9.13 Å². The second-order valence-electron chi connectivity index (χ2n) is 8.47. The van der Waals surface area contributed by atoms with Crippen LogP contribution >= 0.6 is 0 Å². The number of benzene rings is 2. The fraction of sp³-hybridized carbons (Fsp3) is 0.231. The summed E-state index contributed by atoms with van der Waals surface area (Å²) >= 11 is 0. The molecule has 1 aliphatic rings. The molecular formula is C26H23FN6O. The Labute approximate surface area is 195 Å². The van der Waals surface area contributed by atoms with Crippen LogP contribution in [0.3, 0.4) is 0 Å². The van der Waals surface area contributed by atoms with E-state index in [0.29, 0.717) is 24.5 Å². The first-order valence-electron chi connectivity index (χ1n) is 11.3. The predicted octanol–water partition coefficient (Wildman–Crippen LogP) is 4.47. The molecule has 6 rings (SSSR count). The normalized spacial score (nSPS) is 15.2. The number of aromatic nitrogens is 5. The first-order chi connectivity index (χ1) is 16.7. The van der Waals surface area contributed by atoms with Crippen LogP contribution in [0, 0.1) is 5.82 Å². The molecule has 0 bridgehead atoms. The number of anilines is 1. The molecular weight excluding hydrogens is 431 g/mol. The van der Waals surface area contributed by atoms with E-state index in [9.17, 15) is 0 Å². The summed E-state index contributed by atoms with van der Waals surface area (Å²) in [7, 11) is 0. The van der Waals surface area contributed by atoms with E-state index in [-0.39, 0.29) is 11.7 Å². The third-order valence-electron chi connectivity index (χ3n) is 6.52. The Morgan fingerprint density at radius 1 is 0.971 bits per heavy atom. The minimum atomic E-state index is -0.316. The quantitative estimate of drug-likeness (QED) is 0.399. The molecule has 1 unspecified atom stereocenters. The summed E-state index contributed by atoms with van der Waals surface area (Å²) in [6, 6.07) is 15.2. The van der Waals surface area contributed by atoms with Gasteiger partial charge in [-0.3, -0.25) is 0 Å². The molecule has 34 heavy (non-hydrogen) atoms. The first-order valence-corrected chi connectivity index (χ1v) is 11.3. The van der Waals surface area contributed by atoms with Gasteiger partial charge in [0.2, 0.25) is 0 Å². The Kier molecular flexibility index (Phi) is 5.15. The van der Waals surface area contributed by atoms with Crippen molar-refractivity contribution in [3.05, 3.63) is 84.5 Å². The zero-order chi connectivity index (χ0) is 23.1. The maximum absolute atomic E-state index is 15.1. The first kappa shape index (κ1) is 20.7. The van der Waals surface area contributed by atoms with Crippen molar-refractivity contribution in [2.45, 2.75) is 12.8 Å². The summed E-state index contributed by atoms with van der Waals surface area (Å²) in [6.07, 6.45) is 4.94. The maximum atomic E-state index is 15.1. The van der Waals surface area contributed by atoms with Gasteiger partial charge in [0.1, 0.15) is 18.5 Å². The maximum Gasteiger partial charge on any atom is 0.136 e. The van der Waals surface area contributed by atoms with Gasteiger partial charge < -0.3 is 9.64 Å². The van der Waals surface area contributed by atoms with Crippen molar-refractivity contribution in [2.24, 2.45) is 0 Å². The van der Waals surface area contributed by atoms with Crippen LogP contribution in [0.2, 0.25) is 0 Å². The SMILES string of the molecule is CC(c1ccc(F)c(-c2ncnc3cc(N4CCOCC4)ccc23)c1)c1ncnn2cccc12. The van der Waals surface area contributed by atoms with E-state index in [1.54, 1.807) is 10.8 Å². The lowest BCUT2D eigenvalue weighted by molar-refractivity contribution is 0.122. The van der Waals surface area contributed by atoms with Crippen LogP contribution in [-0.4, -0.2) is 50.9 Å². The van der Waals surface area contributed by atoms with E-state index in [0.717, 1.165) is 46.5 Å². The van der Waals surface area contributed by atoms with Gasteiger partial charge in [-0.1, -0.05) is 13.0 Å². The number of nitrogens with zero attached hydrogens (tertiary/aromatic N) is 6.